The van der Waals surface area contributed by atoms with Gasteiger partial charge in [0.2, 0.25) is 0 Å². The zero-order chi connectivity index (χ0) is 14.7. The molecule has 1 aromatic rings. The van der Waals surface area contributed by atoms with E-state index in [-0.39, 0.29) is 0 Å². The molecule has 2 heterocycles. The van der Waals surface area contributed by atoms with Crippen LogP contribution in [0.4, 0.5) is 5.69 Å². The van der Waals surface area contributed by atoms with Crippen molar-refractivity contribution in [3.8, 4) is 0 Å². The molecule has 116 valence electrons. The summed E-state index contributed by atoms with van der Waals surface area (Å²) in [5.41, 5.74) is 4.44. The number of benzene rings is 1. The molecule has 1 fully saturated rings. The third kappa shape index (κ3) is 3.09. The first-order valence-electron chi connectivity index (χ1n) is 8.66. The maximum absolute atomic E-state index is 3.63. The minimum absolute atomic E-state index is 0.583. The van der Waals surface area contributed by atoms with E-state index >= 15 is 0 Å². The van der Waals surface area contributed by atoms with Crippen molar-refractivity contribution < 1.29 is 0 Å². The van der Waals surface area contributed by atoms with Gasteiger partial charge >= 0.3 is 0 Å². The zero-order valence-corrected chi connectivity index (χ0v) is 13.6. The highest BCUT2D eigenvalue weighted by atomic mass is 15.2. The molecule has 3 heteroatoms. The Bertz CT molecular complexity index is 462. The van der Waals surface area contributed by atoms with E-state index in [9.17, 15) is 0 Å². The lowest BCUT2D eigenvalue weighted by Crippen LogP contribution is -2.42. The van der Waals surface area contributed by atoms with E-state index in [0.717, 1.165) is 26.2 Å². The van der Waals surface area contributed by atoms with Crippen LogP contribution in [0.15, 0.2) is 18.2 Å². The van der Waals surface area contributed by atoms with Crippen molar-refractivity contribution in [2.45, 2.75) is 45.7 Å². The van der Waals surface area contributed by atoms with Gasteiger partial charge in [-0.25, -0.2) is 0 Å². The predicted molar refractivity (Wildman–Crippen MR) is 89.9 cm³/mol. The lowest BCUT2D eigenvalue weighted by atomic mass is 9.93. The molecule has 2 aliphatic rings. The van der Waals surface area contributed by atoms with Crippen molar-refractivity contribution in [2.24, 2.45) is 0 Å². The van der Waals surface area contributed by atoms with Crippen molar-refractivity contribution >= 4 is 5.69 Å². The largest absolute Gasteiger partial charge is 0.372 e. The summed E-state index contributed by atoms with van der Waals surface area (Å²) in [4.78, 5) is 5.12. The summed E-state index contributed by atoms with van der Waals surface area (Å²) in [6.45, 7) is 11.3. The van der Waals surface area contributed by atoms with E-state index in [1.807, 2.05) is 0 Å². The highest BCUT2D eigenvalue weighted by molar-refractivity contribution is 5.52. The van der Waals surface area contributed by atoms with Gasteiger partial charge in [0.25, 0.3) is 0 Å². The molecule has 1 N–H and O–H groups in total. The van der Waals surface area contributed by atoms with Crippen LogP contribution in [0.2, 0.25) is 0 Å². The van der Waals surface area contributed by atoms with Crippen LogP contribution < -0.4 is 10.2 Å². The Labute approximate surface area is 129 Å². The van der Waals surface area contributed by atoms with Crippen LogP contribution in [0.3, 0.4) is 0 Å². The summed E-state index contributed by atoms with van der Waals surface area (Å²) in [6.07, 6.45) is 4.14. The Balaban J connectivity index is 1.84. The van der Waals surface area contributed by atoms with Crippen LogP contribution in [0.25, 0.3) is 0 Å². The number of likely N-dealkylation sites (tertiary alicyclic amines) is 1. The average Bonchev–Trinajstić information content (AvgIpc) is 2.56. The second-order valence-corrected chi connectivity index (χ2v) is 6.30. The molecule has 0 aromatic heterocycles. The van der Waals surface area contributed by atoms with E-state index in [2.05, 4.69) is 47.2 Å². The third-order valence-electron chi connectivity index (χ3n) is 5.10. The van der Waals surface area contributed by atoms with Gasteiger partial charge < -0.3 is 10.2 Å². The summed E-state index contributed by atoms with van der Waals surface area (Å²) in [7, 11) is 0. The summed E-state index contributed by atoms with van der Waals surface area (Å²) in [6, 6.07) is 7.71. The molecule has 0 spiro atoms. The van der Waals surface area contributed by atoms with Crippen molar-refractivity contribution in [1.29, 1.82) is 0 Å². The molecule has 3 nitrogen and oxygen atoms in total. The number of fused-ring (bicyclic) bond motifs is 1. The molecule has 0 bridgehead atoms. The Kier molecular flexibility index (Phi) is 4.81. The number of anilines is 1. The number of hydrogen-bond donors (Lipinski definition) is 1. The summed E-state index contributed by atoms with van der Waals surface area (Å²) in [5.74, 6) is 0. The van der Waals surface area contributed by atoms with Crippen LogP contribution in [0.1, 0.15) is 50.3 Å². The number of nitrogens with one attached hydrogen (secondary N) is 1. The highest BCUT2D eigenvalue weighted by Gasteiger charge is 2.27. The second kappa shape index (κ2) is 6.80. The highest BCUT2D eigenvalue weighted by Crippen LogP contribution is 2.32. The smallest absolute Gasteiger partial charge is 0.0476 e. The number of piperidine rings is 1. The van der Waals surface area contributed by atoms with E-state index in [0.29, 0.717) is 6.04 Å². The maximum atomic E-state index is 3.63. The van der Waals surface area contributed by atoms with Crippen molar-refractivity contribution in [3.05, 3.63) is 29.3 Å². The van der Waals surface area contributed by atoms with Gasteiger partial charge in [-0.1, -0.05) is 12.5 Å². The van der Waals surface area contributed by atoms with Crippen molar-refractivity contribution in [1.82, 2.24) is 10.2 Å². The molecule has 3 rings (SSSR count). The zero-order valence-electron chi connectivity index (χ0n) is 13.6. The van der Waals surface area contributed by atoms with Crippen LogP contribution in [0.5, 0.6) is 0 Å². The number of rotatable bonds is 4. The maximum Gasteiger partial charge on any atom is 0.0476 e. The van der Waals surface area contributed by atoms with Crippen LogP contribution >= 0.6 is 0 Å². The summed E-state index contributed by atoms with van der Waals surface area (Å²) >= 11 is 0. The van der Waals surface area contributed by atoms with E-state index < -0.39 is 0 Å². The summed E-state index contributed by atoms with van der Waals surface area (Å²) in [5, 5.41) is 3.63. The van der Waals surface area contributed by atoms with Gasteiger partial charge in [-0.2, -0.15) is 0 Å². The number of hydrogen-bond acceptors (Lipinski definition) is 3. The molecule has 0 saturated carbocycles. The standard InChI is InChI=1S/C18H29N3/c1-3-20(4-2)16-8-9-17-15(12-16)13-19-14-18(17)21-10-6-5-7-11-21/h8-9,12,18-19H,3-7,10-11,13-14H2,1-2H3/t18-/m1/s1. The molecule has 0 amide bonds. The lowest BCUT2D eigenvalue weighted by Gasteiger charge is -2.38. The average molecular weight is 287 g/mol. The van der Waals surface area contributed by atoms with E-state index in [1.54, 1.807) is 5.56 Å². The fourth-order valence-electron chi connectivity index (χ4n) is 3.87. The third-order valence-corrected chi connectivity index (χ3v) is 5.10. The molecular formula is C18H29N3. The number of nitrogens with zero attached hydrogens (tertiary/aromatic N) is 2. The summed E-state index contributed by atoms with van der Waals surface area (Å²) < 4.78 is 0. The van der Waals surface area contributed by atoms with Gasteiger partial charge in [-0.15, -0.1) is 0 Å². The first-order chi connectivity index (χ1) is 10.3. The molecule has 0 radical (unpaired) electrons. The van der Waals surface area contributed by atoms with Gasteiger partial charge in [0.05, 0.1) is 0 Å². The first-order valence-corrected chi connectivity index (χ1v) is 8.66. The quantitative estimate of drug-likeness (QED) is 0.917. The Morgan fingerprint density at radius 3 is 2.62 bits per heavy atom. The van der Waals surface area contributed by atoms with Gasteiger partial charge in [-0.05, 0) is 63.0 Å². The Morgan fingerprint density at radius 1 is 1.14 bits per heavy atom. The fraction of sp³-hybridized carbons (Fsp3) is 0.667. The normalized spacial score (nSPS) is 22.9. The van der Waals surface area contributed by atoms with Crippen molar-refractivity contribution in [3.63, 3.8) is 0 Å². The van der Waals surface area contributed by atoms with Gasteiger partial charge in [0, 0.05) is 37.9 Å². The molecule has 1 aromatic carbocycles. The minimum Gasteiger partial charge on any atom is -0.372 e. The second-order valence-electron chi connectivity index (χ2n) is 6.30. The van der Waals surface area contributed by atoms with Crippen LogP contribution in [-0.4, -0.2) is 37.6 Å². The van der Waals surface area contributed by atoms with Gasteiger partial charge in [0.15, 0.2) is 0 Å². The Hall–Kier alpha value is -1.06. The molecular weight excluding hydrogens is 258 g/mol. The minimum atomic E-state index is 0.583. The molecule has 1 saturated heterocycles. The van der Waals surface area contributed by atoms with Crippen molar-refractivity contribution in [2.75, 3.05) is 37.6 Å². The van der Waals surface area contributed by atoms with Crippen LogP contribution in [-0.2, 0) is 6.54 Å². The molecule has 21 heavy (non-hydrogen) atoms. The van der Waals surface area contributed by atoms with E-state index in [4.69, 9.17) is 0 Å². The van der Waals surface area contributed by atoms with Crippen LogP contribution in [0, 0.1) is 0 Å². The lowest BCUT2D eigenvalue weighted by molar-refractivity contribution is 0.154. The van der Waals surface area contributed by atoms with Gasteiger partial charge in [-0.3, -0.25) is 4.90 Å². The van der Waals surface area contributed by atoms with E-state index in [1.165, 1.54) is 43.6 Å². The molecule has 2 aliphatic heterocycles. The molecule has 1 atom stereocenters. The SMILES string of the molecule is CCN(CC)c1ccc2c(c1)CNC[C@H]2N1CCCCC1. The monoisotopic (exact) mass is 287 g/mol. The first kappa shape index (κ1) is 14.9. The topological polar surface area (TPSA) is 18.5 Å². The van der Waals surface area contributed by atoms with Gasteiger partial charge in [0.1, 0.15) is 0 Å². The predicted octanol–water partition coefficient (Wildman–Crippen LogP) is 3.16. The fourth-order valence-corrected chi connectivity index (χ4v) is 3.87. The molecule has 0 unspecified atom stereocenters. The Morgan fingerprint density at radius 2 is 1.90 bits per heavy atom. The molecule has 0 aliphatic carbocycles.